The minimum Gasteiger partial charge on any atom is -0.468 e. The van der Waals surface area contributed by atoms with Gasteiger partial charge in [-0.05, 0) is 6.42 Å². The number of hydrogen-bond donors (Lipinski definition) is 1. The van der Waals surface area contributed by atoms with Gasteiger partial charge in [0.25, 0.3) is 0 Å². The van der Waals surface area contributed by atoms with Crippen molar-refractivity contribution in [2.75, 3.05) is 26.9 Å². The zero-order valence-corrected chi connectivity index (χ0v) is 7.55. The summed E-state index contributed by atoms with van der Waals surface area (Å²) in [7, 11) is 1.39. The summed E-state index contributed by atoms with van der Waals surface area (Å²) in [4.78, 5) is 10.8. The van der Waals surface area contributed by atoms with E-state index in [9.17, 15) is 4.79 Å². The molecule has 1 N–H and O–H groups in total. The van der Waals surface area contributed by atoms with Crippen LogP contribution in [0.2, 0.25) is 0 Å². The van der Waals surface area contributed by atoms with Gasteiger partial charge in [-0.3, -0.25) is 10.1 Å². The van der Waals surface area contributed by atoms with E-state index < -0.39 is 0 Å². The van der Waals surface area contributed by atoms with Crippen molar-refractivity contribution in [3.63, 3.8) is 0 Å². The topological polar surface area (TPSA) is 47.6 Å². The molecule has 0 aromatic heterocycles. The summed E-state index contributed by atoms with van der Waals surface area (Å²) in [6.45, 7) is 3.74. The number of rotatable bonds is 4. The van der Waals surface area contributed by atoms with E-state index in [0.717, 1.165) is 6.42 Å². The van der Waals surface area contributed by atoms with Crippen molar-refractivity contribution < 1.29 is 14.3 Å². The highest BCUT2D eigenvalue weighted by atomic mass is 16.5. The maximum absolute atomic E-state index is 10.8. The van der Waals surface area contributed by atoms with Crippen molar-refractivity contribution in [2.24, 2.45) is 0 Å². The Hall–Kier alpha value is -0.610. The molecule has 0 unspecified atom stereocenters. The van der Waals surface area contributed by atoms with Crippen molar-refractivity contribution in [2.45, 2.75) is 18.9 Å². The van der Waals surface area contributed by atoms with E-state index in [1.165, 1.54) is 7.11 Å². The summed E-state index contributed by atoms with van der Waals surface area (Å²) < 4.78 is 9.60. The molecule has 0 aromatic rings. The quantitative estimate of drug-likeness (QED) is 0.604. The second kappa shape index (κ2) is 3.87. The lowest BCUT2D eigenvalue weighted by Gasteiger charge is -2.41. The minimum absolute atomic E-state index is 0.0220. The molecule has 1 saturated heterocycles. The summed E-state index contributed by atoms with van der Waals surface area (Å²) in [5.41, 5.74) is 0.0220. The van der Waals surface area contributed by atoms with E-state index in [0.29, 0.717) is 13.2 Å². The number of ether oxygens (including phenoxy) is 2. The lowest BCUT2D eigenvalue weighted by atomic mass is 9.94. The van der Waals surface area contributed by atoms with Crippen molar-refractivity contribution in [1.29, 1.82) is 0 Å². The minimum atomic E-state index is -0.227. The van der Waals surface area contributed by atoms with Crippen molar-refractivity contribution in [3.8, 4) is 0 Å². The van der Waals surface area contributed by atoms with E-state index >= 15 is 0 Å². The molecular formula is C8H15NO3. The molecule has 0 amide bonds. The molecule has 4 nitrogen and oxygen atoms in total. The normalized spacial score (nSPS) is 19.8. The maximum Gasteiger partial charge on any atom is 0.319 e. The molecule has 1 aliphatic heterocycles. The van der Waals surface area contributed by atoms with Crippen LogP contribution in [0.15, 0.2) is 0 Å². The summed E-state index contributed by atoms with van der Waals surface area (Å²) >= 11 is 0. The Morgan fingerprint density at radius 3 is 2.67 bits per heavy atom. The van der Waals surface area contributed by atoms with Gasteiger partial charge >= 0.3 is 5.97 Å². The van der Waals surface area contributed by atoms with Crippen LogP contribution in [0, 0.1) is 0 Å². The highest BCUT2D eigenvalue weighted by Crippen LogP contribution is 2.19. The molecule has 1 rings (SSSR count). The van der Waals surface area contributed by atoms with Gasteiger partial charge in [0.1, 0.15) is 0 Å². The number of esters is 1. The third-order valence-electron chi connectivity index (χ3n) is 2.27. The van der Waals surface area contributed by atoms with Crippen molar-refractivity contribution in [1.82, 2.24) is 5.32 Å². The molecule has 1 heterocycles. The average molecular weight is 173 g/mol. The smallest absolute Gasteiger partial charge is 0.319 e. The van der Waals surface area contributed by atoms with E-state index in [1.54, 1.807) is 0 Å². The monoisotopic (exact) mass is 173 g/mol. The second-order valence-corrected chi connectivity index (χ2v) is 3.06. The van der Waals surface area contributed by atoms with Gasteiger partial charge in [0.15, 0.2) is 0 Å². The molecule has 0 aliphatic carbocycles. The Bertz CT molecular complexity index is 160. The van der Waals surface area contributed by atoms with Gasteiger partial charge in [0.05, 0.1) is 32.4 Å². The first kappa shape index (κ1) is 9.48. The van der Waals surface area contributed by atoms with E-state index in [4.69, 9.17) is 4.74 Å². The van der Waals surface area contributed by atoms with Crippen LogP contribution in [0.1, 0.15) is 13.3 Å². The van der Waals surface area contributed by atoms with Gasteiger partial charge in [0, 0.05) is 0 Å². The Morgan fingerprint density at radius 1 is 1.67 bits per heavy atom. The predicted octanol–water partition coefficient (Wildman–Crippen LogP) is -0.0720. The standard InChI is InChI=1S/C8H15NO3/c1-3-8(5-12-6-8)9-4-7(10)11-2/h9H,3-6H2,1-2H3. The molecule has 0 spiro atoms. The summed E-state index contributed by atoms with van der Waals surface area (Å²) in [5.74, 6) is -0.227. The van der Waals surface area contributed by atoms with Crippen LogP contribution in [0.25, 0.3) is 0 Å². The first-order valence-electron chi connectivity index (χ1n) is 4.12. The molecule has 0 bridgehead atoms. The molecule has 1 aliphatic rings. The van der Waals surface area contributed by atoms with Gasteiger partial charge in [-0.15, -0.1) is 0 Å². The third-order valence-corrected chi connectivity index (χ3v) is 2.27. The zero-order valence-electron chi connectivity index (χ0n) is 7.55. The van der Waals surface area contributed by atoms with Gasteiger partial charge in [-0.1, -0.05) is 6.92 Å². The predicted molar refractivity (Wildman–Crippen MR) is 43.9 cm³/mol. The Kier molecular flexibility index (Phi) is 3.05. The van der Waals surface area contributed by atoms with Crippen LogP contribution in [0.3, 0.4) is 0 Å². The molecular weight excluding hydrogens is 158 g/mol. The molecule has 12 heavy (non-hydrogen) atoms. The fourth-order valence-electron chi connectivity index (χ4n) is 1.11. The fourth-order valence-corrected chi connectivity index (χ4v) is 1.11. The number of carbonyl (C=O) groups is 1. The molecule has 0 radical (unpaired) electrons. The second-order valence-electron chi connectivity index (χ2n) is 3.06. The number of nitrogens with one attached hydrogen (secondary N) is 1. The van der Waals surface area contributed by atoms with Crippen molar-refractivity contribution >= 4 is 5.97 Å². The van der Waals surface area contributed by atoms with E-state index in [2.05, 4.69) is 17.0 Å². The SMILES string of the molecule is CCC1(NCC(=O)OC)COC1. The Balaban J connectivity index is 2.24. The molecule has 1 fully saturated rings. The van der Waals surface area contributed by atoms with E-state index in [1.807, 2.05) is 0 Å². The Labute approximate surface area is 72.2 Å². The highest BCUT2D eigenvalue weighted by Gasteiger charge is 2.36. The lowest BCUT2D eigenvalue weighted by Crippen LogP contribution is -2.61. The molecule has 70 valence electrons. The molecule has 4 heteroatoms. The molecule has 0 aromatic carbocycles. The average Bonchev–Trinajstić information content (AvgIpc) is 2.03. The summed E-state index contributed by atoms with van der Waals surface area (Å²) in [5, 5.41) is 3.13. The van der Waals surface area contributed by atoms with Crippen LogP contribution in [0.4, 0.5) is 0 Å². The lowest BCUT2D eigenvalue weighted by molar-refractivity contribution is -0.142. The van der Waals surface area contributed by atoms with Crippen LogP contribution >= 0.6 is 0 Å². The van der Waals surface area contributed by atoms with Crippen molar-refractivity contribution in [3.05, 3.63) is 0 Å². The van der Waals surface area contributed by atoms with Crippen LogP contribution < -0.4 is 5.32 Å². The van der Waals surface area contributed by atoms with Gasteiger partial charge in [-0.2, -0.15) is 0 Å². The largest absolute Gasteiger partial charge is 0.468 e. The van der Waals surface area contributed by atoms with Gasteiger partial charge in [-0.25, -0.2) is 0 Å². The summed E-state index contributed by atoms with van der Waals surface area (Å²) in [6.07, 6.45) is 0.976. The Morgan fingerprint density at radius 2 is 2.33 bits per heavy atom. The van der Waals surface area contributed by atoms with E-state index in [-0.39, 0.29) is 18.1 Å². The fraction of sp³-hybridized carbons (Fsp3) is 0.875. The maximum atomic E-state index is 10.8. The highest BCUT2D eigenvalue weighted by molar-refractivity contribution is 5.71. The summed E-state index contributed by atoms with van der Waals surface area (Å²) in [6, 6.07) is 0. The van der Waals surface area contributed by atoms with Gasteiger partial charge in [0.2, 0.25) is 0 Å². The first-order chi connectivity index (χ1) is 5.72. The number of hydrogen-bond acceptors (Lipinski definition) is 4. The number of methoxy groups -OCH3 is 1. The first-order valence-corrected chi connectivity index (χ1v) is 4.12. The van der Waals surface area contributed by atoms with Crippen LogP contribution in [-0.2, 0) is 14.3 Å². The molecule has 0 saturated carbocycles. The molecule has 0 atom stereocenters. The number of carbonyl (C=O) groups excluding carboxylic acids is 1. The third kappa shape index (κ3) is 1.95. The zero-order chi connectivity index (χ0) is 9.03. The van der Waals surface area contributed by atoms with Crippen LogP contribution in [-0.4, -0.2) is 38.4 Å². The van der Waals surface area contributed by atoms with Gasteiger partial charge < -0.3 is 9.47 Å². The van der Waals surface area contributed by atoms with Crippen LogP contribution in [0.5, 0.6) is 0 Å².